The third kappa shape index (κ3) is 4.29. The Balaban J connectivity index is 2.08. The van der Waals surface area contributed by atoms with E-state index < -0.39 is 10.5 Å². The van der Waals surface area contributed by atoms with Crippen LogP contribution in [0.4, 0.5) is 17.3 Å². The number of nitrogens with zero attached hydrogens (tertiary/aromatic N) is 2. The fourth-order valence-corrected chi connectivity index (χ4v) is 2.66. The molecule has 116 valence electrons. The molecule has 7 heteroatoms. The van der Waals surface area contributed by atoms with E-state index in [2.05, 4.69) is 15.6 Å². The lowest BCUT2D eigenvalue weighted by atomic mass is 9.94. The lowest BCUT2D eigenvalue weighted by Crippen LogP contribution is -2.36. The first-order chi connectivity index (χ1) is 10.0. The summed E-state index contributed by atoms with van der Waals surface area (Å²) in [6, 6.07) is 2.77. The predicted molar refractivity (Wildman–Crippen MR) is 81.6 cm³/mol. The van der Waals surface area contributed by atoms with E-state index in [1.54, 1.807) is 7.05 Å². The van der Waals surface area contributed by atoms with E-state index in [0.717, 1.165) is 38.5 Å². The molecule has 0 aliphatic heterocycles. The minimum Gasteiger partial charge on any atom is -0.388 e. The van der Waals surface area contributed by atoms with Crippen LogP contribution in [0, 0.1) is 10.1 Å². The minimum atomic E-state index is -0.747. The number of hydrogen-bond acceptors (Lipinski definition) is 6. The minimum absolute atomic E-state index is 0.0234. The largest absolute Gasteiger partial charge is 0.388 e. The molecule has 0 aromatic carbocycles. The second-order valence-electron chi connectivity index (χ2n) is 5.60. The van der Waals surface area contributed by atoms with Gasteiger partial charge in [-0.2, -0.15) is 0 Å². The normalized spacial score (nSPS) is 17.8. The van der Waals surface area contributed by atoms with E-state index in [9.17, 15) is 15.2 Å². The van der Waals surface area contributed by atoms with E-state index in [4.69, 9.17) is 0 Å². The molecule has 1 aliphatic carbocycles. The molecule has 0 radical (unpaired) electrons. The lowest BCUT2D eigenvalue weighted by molar-refractivity contribution is -0.384. The maximum atomic E-state index is 10.9. The molecular weight excluding hydrogens is 272 g/mol. The van der Waals surface area contributed by atoms with Gasteiger partial charge in [-0.05, 0) is 12.8 Å². The molecule has 1 saturated carbocycles. The maximum absolute atomic E-state index is 10.9. The van der Waals surface area contributed by atoms with Crippen LogP contribution in [0.5, 0.6) is 0 Å². The smallest absolute Gasteiger partial charge is 0.276 e. The van der Waals surface area contributed by atoms with E-state index in [1.165, 1.54) is 12.1 Å². The van der Waals surface area contributed by atoms with Crippen molar-refractivity contribution in [1.82, 2.24) is 4.98 Å². The molecule has 0 spiro atoms. The summed E-state index contributed by atoms with van der Waals surface area (Å²) in [6.45, 7) is 0.365. The van der Waals surface area contributed by atoms with Crippen LogP contribution in [0.25, 0.3) is 0 Å². The third-order valence-corrected chi connectivity index (χ3v) is 3.91. The fraction of sp³-hybridized carbons (Fsp3) is 0.643. The monoisotopic (exact) mass is 294 g/mol. The Morgan fingerprint density at radius 1 is 1.29 bits per heavy atom. The molecule has 1 aromatic rings. The van der Waals surface area contributed by atoms with Crippen molar-refractivity contribution < 1.29 is 10.0 Å². The molecule has 0 bridgehead atoms. The highest BCUT2D eigenvalue weighted by Gasteiger charge is 2.28. The van der Waals surface area contributed by atoms with Crippen LogP contribution in [-0.4, -0.2) is 34.2 Å². The van der Waals surface area contributed by atoms with Gasteiger partial charge in [-0.3, -0.25) is 10.1 Å². The predicted octanol–water partition coefficient (Wildman–Crippen LogP) is 2.53. The average Bonchev–Trinajstić information content (AvgIpc) is 2.70. The first-order valence-electron chi connectivity index (χ1n) is 7.33. The van der Waals surface area contributed by atoms with E-state index in [-0.39, 0.29) is 5.69 Å². The van der Waals surface area contributed by atoms with Crippen LogP contribution in [0.15, 0.2) is 12.1 Å². The first kappa shape index (κ1) is 15.5. The van der Waals surface area contributed by atoms with E-state index in [1.807, 2.05) is 0 Å². The summed E-state index contributed by atoms with van der Waals surface area (Å²) in [4.78, 5) is 14.7. The molecule has 3 N–H and O–H groups in total. The summed E-state index contributed by atoms with van der Waals surface area (Å²) in [5.74, 6) is 0.839. The second-order valence-corrected chi connectivity index (χ2v) is 5.60. The van der Waals surface area contributed by atoms with Gasteiger partial charge in [0.2, 0.25) is 0 Å². The number of aliphatic hydroxyl groups is 1. The molecule has 1 aliphatic rings. The molecule has 2 rings (SSSR count). The zero-order valence-electron chi connectivity index (χ0n) is 12.3. The molecule has 0 atom stereocenters. The molecule has 0 saturated heterocycles. The van der Waals surface area contributed by atoms with Crippen LogP contribution < -0.4 is 10.6 Å². The van der Waals surface area contributed by atoms with E-state index >= 15 is 0 Å². The van der Waals surface area contributed by atoms with Gasteiger partial charge in [0.15, 0.2) is 0 Å². The van der Waals surface area contributed by atoms with Gasteiger partial charge in [0.25, 0.3) is 5.69 Å². The topological polar surface area (TPSA) is 100 Å². The van der Waals surface area contributed by atoms with Crippen molar-refractivity contribution in [3.8, 4) is 0 Å². The highest BCUT2D eigenvalue weighted by molar-refractivity contribution is 5.54. The lowest BCUT2D eigenvalue weighted by Gasteiger charge is -2.27. The average molecular weight is 294 g/mol. The summed E-state index contributed by atoms with van der Waals surface area (Å²) in [6.07, 6.45) is 5.86. The van der Waals surface area contributed by atoms with Crippen molar-refractivity contribution in [2.24, 2.45) is 0 Å². The number of rotatable bonds is 5. The van der Waals surface area contributed by atoms with Crippen LogP contribution in [0.2, 0.25) is 0 Å². The molecule has 0 amide bonds. The highest BCUT2D eigenvalue weighted by atomic mass is 16.6. The Labute approximate surface area is 123 Å². The summed E-state index contributed by atoms with van der Waals surface area (Å²) in [5, 5.41) is 27.3. The molecule has 0 unspecified atom stereocenters. The fourth-order valence-electron chi connectivity index (χ4n) is 2.66. The molecule has 1 aromatic heterocycles. The van der Waals surface area contributed by atoms with Gasteiger partial charge in [-0.15, -0.1) is 0 Å². The molecule has 1 fully saturated rings. The Morgan fingerprint density at radius 3 is 2.48 bits per heavy atom. The Hall–Kier alpha value is -1.89. The summed E-state index contributed by atoms with van der Waals surface area (Å²) in [7, 11) is 1.66. The Morgan fingerprint density at radius 2 is 1.90 bits per heavy atom. The first-order valence-corrected chi connectivity index (χ1v) is 7.33. The summed E-state index contributed by atoms with van der Waals surface area (Å²) in [5.41, 5.74) is -0.771. The van der Waals surface area contributed by atoms with Crippen molar-refractivity contribution in [2.45, 2.75) is 44.1 Å². The molecule has 1 heterocycles. The van der Waals surface area contributed by atoms with Crippen LogP contribution in [-0.2, 0) is 0 Å². The van der Waals surface area contributed by atoms with Crippen molar-refractivity contribution in [3.63, 3.8) is 0 Å². The Kier molecular flexibility index (Phi) is 4.95. The zero-order chi connectivity index (χ0) is 15.3. The van der Waals surface area contributed by atoms with Gasteiger partial charge < -0.3 is 15.7 Å². The number of hydrogen-bond donors (Lipinski definition) is 3. The van der Waals surface area contributed by atoms with Gasteiger partial charge in [0.05, 0.1) is 22.7 Å². The zero-order valence-corrected chi connectivity index (χ0v) is 12.3. The van der Waals surface area contributed by atoms with Gasteiger partial charge >= 0.3 is 0 Å². The number of nitrogens with one attached hydrogen (secondary N) is 2. The van der Waals surface area contributed by atoms with Crippen LogP contribution >= 0.6 is 0 Å². The second kappa shape index (κ2) is 6.71. The van der Waals surface area contributed by atoms with Crippen molar-refractivity contribution in [3.05, 3.63) is 22.2 Å². The maximum Gasteiger partial charge on any atom is 0.276 e. The van der Waals surface area contributed by atoms with Gasteiger partial charge in [-0.25, -0.2) is 4.98 Å². The number of aromatic nitrogens is 1. The quantitative estimate of drug-likeness (QED) is 0.438. The van der Waals surface area contributed by atoms with Crippen molar-refractivity contribution in [1.29, 1.82) is 0 Å². The standard InChI is InChI=1S/C14H22N4O3/c1-15-12-8-11(18(20)21)9-13(17-12)16-10-14(19)6-4-2-3-5-7-14/h8-9,19H,2-7,10H2,1H3,(H2,15,16,17). The van der Waals surface area contributed by atoms with Gasteiger partial charge in [0, 0.05) is 13.6 Å². The summed E-state index contributed by atoms with van der Waals surface area (Å²) >= 11 is 0. The van der Waals surface area contributed by atoms with Crippen LogP contribution in [0.1, 0.15) is 38.5 Å². The van der Waals surface area contributed by atoms with Crippen molar-refractivity contribution in [2.75, 3.05) is 24.2 Å². The SMILES string of the molecule is CNc1cc([N+](=O)[O-])cc(NCC2(O)CCCCCC2)n1. The molecule has 7 nitrogen and oxygen atoms in total. The number of anilines is 2. The van der Waals surface area contributed by atoms with Crippen LogP contribution in [0.3, 0.4) is 0 Å². The number of pyridine rings is 1. The van der Waals surface area contributed by atoms with Gasteiger partial charge in [0.1, 0.15) is 11.6 Å². The Bertz CT molecular complexity index is 499. The van der Waals surface area contributed by atoms with Crippen molar-refractivity contribution >= 4 is 17.3 Å². The third-order valence-electron chi connectivity index (χ3n) is 3.91. The molecular formula is C14H22N4O3. The highest BCUT2D eigenvalue weighted by Crippen LogP contribution is 2.28. The summed E-state index contributed by atoms with van der Waals surface area (Å²) < 4.78 is 0. The number of nitro groups is 1. The van der Waals surface area contributed by atoms with E-state index in [0.29, 0.717) is 18.2 Å². The molecule has 21 heavy (non-hydrogen) atoms. The van der Waals surface area contributed by atoms with Gasteiger partial charge in [-0.1, -0.05) is 25.7 Å².